The Labute approximate surface area is 116 Å². The van der Waals surface area contributed by atoms with Crippen LogP contribution in [0.2, 0.25) is 5.02 Å². The Kier molecular flexibility index (Phi) is 3.32. The van der Waals surface area contributed by atoms with Crippen LogP contribution < -0.4 is 15.2 Å². The van der Waals surface area contributed by atoms with Crippen LogP contribution in [0.4, 0.5) is 0 Å². The number of hydrogen-bond donors (Lipinski definition) is 1. The lowest BCUT2D eigenvalue weighted by atomic mass is 9.99. The van der Waals surface area contributed by atoms with Crippen molar-refractivity contribution in [3.05, 3.63) is 59.1 Å². The number of nitrogens with two attached hydrogens (primary N) is 1. The Morgan fingerprint density at radius 1 is 1.11 bits per heavy atom. The molecule has 0 aliphatic carbocycles. The van der Waals surface area contributed by atoms with Gasteiger partial charge in [0.15, 0.2) is 6.10 Å². The van der Waals surface area contributed by atoms with Crippen LogP contribution in [0.1, 0.15) is 11.6 Å². The molecule has 98 valence electrons. The van der Waals surface area contributed by atoms with Crippen molar-refractivity contribution >= 4 is 11.6 Å². The zero-order chi connectivity index (χ0) is 13.2. The lowest BCUT2D eigenvalue weighted by Gasteiger charge is -2.31. The molecule has 2 unspecified atom stereocenters. The molecule has 19 heavy (non-hydrogen) atoms. The molecule has 2 aromatic carbocycles. The molecule has 2 atom stereocenters. The molecule has 3 nitrogen and oxygen atoms in total. The summed E-state index contributed by atoms with van der Waals surface area (Å²) >= 11 is 6.08. The quantitative estimate of drug-likeness (QED) is 0.915. The van der Waals surface area contributed by atoms with Crippen LogP contribution in [0.5, 0.6) is 11.5 Å². The van der Waals surface area contributed by atoms with Gasteiger partial charge in [-0.1, -0.05) is 41.9 Å². The van der Waals surface area contributed by atoms with Gasteiger partial charge in [-0.3, -0.25) is 0 Å². The van der Waals surface area contributed by atoms with Crippen LogP contribution in [0.3, 0.4) is 0 Å². The number of halogens is 1. The van der Waals surface area contributed by atoms with Crippen LogP contribution in [0.25, 0.3) is 0 Å². The second kappa shape index (κ2) is 5.11. The molecule has 0 saturated heterocycles. The van der Waals surface area contributed by atoms with Crippen LogP contribution in [-0.2, 0) is 0 Å². The van der Waals surface area contributed by atoms with E-state index < -0.39 is 0 Å². The van der Waals surface area contributed by atoms with Gasteiger partial charge in [0, 0.05) is 5.56 Å². The van der Waals surface area contributed by atoms with Gasteiger partial charge >= 0.3 is 0 Å². The largest absolute Gasteiger partial charge is 0.489 e. The Balaban J connectivity index is 1.83. The molecule has 0 aromatic heterocycles. The molecule has 1 heterocycles. The van der Waals surface area contributed by atoms with E-state index in [0.717, 1.165) is 11.3 Å². The number of rotatable bonds is 2. The van der Waals surface area contributed by atoms with E-state index in [1.807, 2.05) is 42.5 Å². The summed E-state index contributed by atoms with van der Waals surface area (Å²) in [7, 11) is 0. The Bertz CT molecular complexity index is 588. The lowest BCUT2D eigenvalue weighted by Crippen LogP contribution is -2.40. The summed E-state index contributed by atoms with van der Waals surface area (Å²) < 4.78 is 11.5. The standard InChI is InChI=1S/C15H14ClNO2/c16-11-6-2-4-8-13(11)19-14-9-18-12-7-3-1-5-10(12)15(14)17/h1-8,14-15H,9,17H2. The van der Waals surface area contributed by atoms with Crippen LogP contribution in [0.15, 0.2) is 48.5 Å². The lowest BCUT2D eigenvalue weighted by molar-refractivity contribution is 0.0879. The number of benzene rings is 2. The maximum absolute atomic E-state index is 6.24. The topological polar surface area (TPSA) is 44.5 Å². The first kappa shape index (κ1) is 12.3. The van der Waals surface area contributed by atoms with E-state index in [1.54, 1.807) is 6.07 Å². The van der Waals surface area contributed by atoms with Crippen molar-refractivity contribution in [2.45, 2.75) is 12.1 Å². The number of ether oxygens (including phenoxy) is 2. The zero-order valence-electron chi connectivity index (χ0n) is 10.3. The summed E-state index contributed by atoms with van der Waals surface area (Å²) in [6.07, 6.45) is -0.241. The van der Waals surface area contributed by atoms with E-state index in [0.29, 0.717) is 17.4 Å². The summed E-state index contributed by atoms with van der Waals surface area (Å²) in [5.74, 6) is 1.46. The predicted octanol–water partition coefficient (Wildman–Crippen LogP) is 3.18. The van der Waals surface area contributed by atoms with E-state index >= 15 is 0 Å². The van der Waals surface area contributed by atoms with E-state index in [2.05, 4.69) is 0 Å². The Hall–Kier alpha value is -1.71. The highest BCUT2D eigenvalue weighted by Gasteiger charge is 2.29. The summed E-state index contributed by atoms with van der Waals surface area (Å²) in [4.78, 5) is 0. The van der Waals surface area contributed by atoms with Gasteiger partial charge in [0.2, 0.25) is 0 Å². The first-order chi connectivity index (χ1) is 9.25. The SMILES string of the molecule is NC1c2ccccc2OCC1Oc1ccccc1Cl. The minimum absolute atomic E-state index is 0.221. The average molecular weight is 276 g/mol. The highest BCUT2D eigenvalue weighted by atomic mass is 35.5. The van der Waals surface area contributed by atoms with Crippen molar-refractivity contribution in [1.82, 2.24) is 0 Å². The third-order valence-corrected chi connectivity index (χ3v) is 3.51. The second-order valence-corrected chi connectivity index (χ2v) is 4.87. The fourth-order valence-corrected chi connectivity index (χ4v) is 2.35. The van der Waals surface area contributed by atoms with Gasteiger partial charge in [0.05, 0.1) is 11.1 Å². The molecular formula is C15H14ClNO2. The highest BCUT2D eigenvalue weighted by molar-refractivity contribution is 6.32. The second-order valence-electron chi connectivity index (χ2n) is 4.46. The Morgan fingerprint density at radius 2 is 1.84 bits per heavy atom. The molecule has 2 N–H and O–H groups in total. The summed E-state index contributed by atoms with van der Waals surface area (Å²) in [6, 6.07) is 14.9. The van der Waals surface area contributed by atoms with Crippen molar-refractivity contribution in [2.75, 3.05) is 6.61 Å². The van der Waals surface area contributed by atoms with Crippen LogP contribution >= 0.6 is 11.6 Å². The minimum Gasteiger partial charge on any atom is -0.489 e. The molecule has 0 saturated carbocycles. The van der Waals surface area contributed by atoms with E-state index in [-0.39, 0.29) is 12.1 Å². The number of para-hydroxylation sites is 2. The molecule has 0 radical (unpaired) electrons. The molecule has 3 rings (SSSR count). The Morgan fingerprint density at radius 3 is 2.68 bits per heavy atom. The fourth-order valence-electron chi connectivity index (χ4n) is 2.17. The van der Waals surface area contributed by atoms with Crippen molar-refractivity contribution in [3.63, 3.8) is 0 Å². The van der Waals surface area contributed by atoms with Crippen molar-refractivity contribution in [2.24, 2.45) is 5.73 Å². The van der Waals surface area contributed by atoms with E-state index in [4.69, 9.17) is 26.8 Å². The molecule has 0 fully saturated rings. The third kappa shape index (κ3) is 2.39. The third-order valence-electron chi connectivity index (χ3n) is 3.20. The normalized spacial score (nSPS) is 21.4. The first-order valence-electron chi connectivity index (χ1n) is 6.14. The monoisotopic (exact) mass is 275 g/mol. The summed E-state index contributed by atoms with van der Waals surface area (Å²) in [5.41, 5.74) is 7.20. The zero-order valence-corrected chi connectivity index (χ0v) is 11.0. The fraction of sp³-hybridized carbons (Fsp3) is 0.200. The number of fused-ring (bicyclic) bond motifs is 1. The van der Waals surface area contributed by atoms with E-state index in [1.165, 1.54) is 0 Å². The van der Waals surface area contributed by atoms with Crippen molar-refractivity contribution in [1.29, 1.82) is 0 Å². The number of hydrogen-bond acceptors (Lipinski definition) is 3. The molecule has 1 aliphatic rings. The minimum atomic E-state index is -0.241. The first-order valence-corrected chi connectivity index (χ1v) is 6.52. The summed E-state index contributed by atoms with van der Waals surface area (Å²) in [6.45, 7) is 0.420. The summed E-state index contributed by atoms with van der Waals surface area (Å²) in [5, 5.41) is 0.577. The molecule has 1 aliphatic heterocycles. The molecule has 0 spiro atoms. The molecule has 4 heteroatoms. The van der Waals surface area contributed by atoms with Crippen molar-refractivity contribution < 1.29 is 9.47 Å². The molecule has 0 bridgehead atoms. The van der Waals surface area contributed by atoms with Crippen LogP contribution in [-0.4, -0.2) is 12.7 Å². The van der Waals surface area contributed by atoms with Gasteiger partial charge < -0.3 is 15.2 Å². The predicted molar refractivity (Wildman–Crippen MR) is 74.7 cm³/mol. The van der Waals surface area contributed by atoms with E-state index in [9.17, 15) is 0 Å². The molecule has 2 aromatic rings. The highest BCUT2D eigenvalue weighted by Crippen LogP contribution is 2.33. The van der Waals surface area contributed by atoms with Crippen LogP contribution in [0, 0.1) is 0 Å². The smallest absolute Gasteiger partial charge is 0.152 e. The maximum atomic E-state index is 6.24. The van der Waals surface area contributed by atoms with Crippen molar-refractivity contribution in [3.8, 4) is 11.5 Å². The van der Waals surface area contributed by atoms with Gasteiger partial charge in [-0.25, -0.2) is 0 Å². The van der Waals surface area contributed by atoms with Gasteiger partial charge in [0.1, 0.15) is 18.1 Å². The van der Waals surface area contributed by atoms with Gasteiger partial charge in [0.25, 0.3) is 0 Å². The van der Waals surface area contributed by atoms with Gasteiger partial charge in [-0.2, -0.15) is 0 Å². The average Bonchev–Trinajstić information content (AvgIpc) is 2.44. The molecule has 0 amide bonds. The van der Waals surface area contributed by atoms with Gasteiger partial charge in [-0.15, -0.1) is 0 Å². The van der Waals surface area contributed by atoms with Gasteiger partial charge in [-0.05, 0) is 18.2 Å². The molecular weight excluding hydrogens is 262 g/mol. The maximum Gasteiger partial charge on any atom is 0.152 e.